The summed E-state index contributed by atoms with van der Waals surface area (Å²) >= 11 is 0. The van der Waals surface area contributed by atoms with E-state index >= 15 is 0 Å². The number of aromatic amines is 1. The Bertz CT molecular complexity index is 773. The van der Waals surface area contributed by atoms with Gasteiger partial charge < -0.3 is 19.8 Å². The van der Waals surface area contributed by atoms with Crippen LogP contribution in [-0.4, -0.2) is 41.1 Å². The molecule has 0 aliphatic heterocycles. The Morgan fingerprint density at radius 2 is 1.78 bits per heavy atom. The van der Waals surface area contributed by atoms with E-state index in [0.717, 1.165) is 0 Å². The predicted molar refractivity (Wildman–Crippen MR) is 98.1 cm³/mol. The van der Waals surface area contributed by atoms with E-state index in [4.69, 9.17) is 9.47 Å². The highest BCUT2D eigenvalue weighted by molar-refractivity contribution is 5.99. The zero-order valence-corrected chi connectivity index (χ0v) is 16.9. The number of aromatic nitrogens is 1. The van der Waals surface area contributed by atoms with Crippen LogP contribution >= 0.6 is 0 Å². The van der Waals surface area contributed by atoms with Gasteiger partial charge in [0.05, 0.1) is 17.7 Å². The van der Waals surface area contributed by atoms with Crippen molar-refractivity contribution in [2.24, 2.45) is 5.92 Å². The minimum atomic E-state index is -1.06. The Balaban J connectivity index is 2.83. The van der Waals surface area contributed by atoms with Gasteiger partial charge in [-0.3, -0.25) is 4.79 Å². The number of aryl methyl sites for hydroxylation is 1. The summed E-state index contributed by atoms with van der Waals surface area (Å²) in [6, 6.07) is 2.05. The molecule has 27 heavy (non-hydrogen) atoms. The average Bonchev–Trinajstić information content (AvgIpc) is 2.86. The molecule has 0 aromatic carbocycles. The maximum absolute atomic E-state index is 12.3. The molecule has 8 nitrogen and oxygen atoms in total. The molecule has 0 saturated carbocycles. The molecule has 8 heteroatoms. The van der Waals surface area contributed by atoms with Gasteiger partial charge in [-0.15, -0.1) is 0 Å². The third kappa shape index (κ3) is 5.33. The van der Waals surface area contributed by atoms with Crippen LogP contribution < -0.4 is 5.32 Å². The molecule has 1 rings (SSSR count). The molecule has 0 bridgehead atoms. The van der Waals surface area contributed by atoms with Crippen LogP contribution in [-0.2, 0) is 14.3 Å². The molecule has 1 aromatic rings. The third-order valence-electron chi connectivity index (χ3n) is 4.31. The van der Waals surface area contributed by atoms with Crippen LogP contribution in [0.3, 0.4) is 0 Å². The summed E-state index contributed by atoms with van der Waals surface area (Å²) in [5.74, 6) is -2.00. The number of nitrogens with one attached hydrogen (secondary N) is 2. The molecule has 1 aromatic heterocycles. The summed E-state index contributed by atoms with van der Waals surface area (Å²) in [4.78, 5) is 39.3. The van der Waals surface area contributed by atoms with Crippen LogP contribution in [0.4, 0.5) is 0 Å². The number of carbonyl (C=O) groups is 3. The Kier molecular flexibility index (Phi) is 7.17. The number of ether oxygens (including phenoxy) is 2. The van der Waals surface area contributed by atoms with Crippen LogP contribution in [0, 0.1) is 31.1 Å². The van der Waals surface area contributed by atoms with E-state index in [-0.39, 0.29) is 23.3 Å². The Morgan fingerprint density at radius 1 is 1.19 bits per heavy atom. The quantitative estimate of drug-likeness (QED) is 0.704. The van der Waals surface area contributed by atoms with E-state index in [9.17, 15) is 19.6 Å². The minimum Gasteiger partial charge on any atom is -0.459 e. The smallest absolute Gasteiger partial charge is 0.355 e. The van der Waals surface area contributed by atoms with Crippen LogP contribution in [0.15, 0.2) is 0 Å². The second kappa shape index (κ2) is 8.71. The van der Waals surface area contributed by atoms with Crippen LogP contribution in [0.5, 0.6) is 0 Å². The van der Waals surface area contributed by atoms with Gasteiger partial charge in [0.1, 0.15) is 11.2 Å². The van der Waals surface area contributed by atoms with Crippen molar-refractivity contribution in [3.05, 3.63) is 22.5 Å². The molecule has 0 saturated heterocycles. The van der Waals surface area contributed by atoms with E-state index < -0.39 is 30.0 Å². The lowest BCUT2D eigenvalue weighted by molar-refractivity contribution is -0.125. The topological polar surface area (TPSA) is 121 Å². The normalized spacial score (nSPS) is 13.0. The van der Waals surface area contributed by atoms with E-state index in [1.807, 2.05) is 6.07 Å². The Morgan fingerprint density at radius 3 is 2.26 bits per heavy atom. The van der Waals surface area contributed by atoms with Crippen molar-refractivity contribution < 1.29 is 23.9 Å². The number of hydrogen-bond donors (Lipinski definition) is 2. The molecule has 0 aliphatic rings. The van der Waals surface area contributed by atoms with Crippen LogP contribution in [0.25, 0.3) is 0 Å². The van der Waals surface area contributed by atoms with Gasteiger partial charge in [-0.1, -0.05) is 13.8 Å². The summed E-state index contributed by atoms with van der Waals surface area (Å²) in [7, 11) is 0. The molecule has 0 radical (unpaired) electrons. The molecule has 0 aliphatic carbocycles. The van der Waals surface area contributed by atoms with Gasteiger partial charge in [-0.05, 0) is 46.1 Å². The largest absolute Gasteiger partial charge is 0.459 e. The summed E-state index contributed by atoms with van der Waals surface area (Å²) in [5, 5.41) is 11.8. The van der Waals surface area contributed by atoms with Crippen molar-refractivity contribution in [3.8, 4) is 6.07 Å². The molecule has 148 valence electrons. The second-order valence-electron chi connectivity index (χ2n) is 7.17. The number of hydrogen-bond acceptors (Lipinski definition) is 6. The predicted octanol–water partition coefficient (Wildman–Crippen LogP) is 2.41. The first-order chi connectivity index (χ1) is 12.4. The van der Waals surface area contributed by atoms with Gasteiger partial charge in [0, 0.05) is 5.69 Å². The number of nitrogens with zero attached hydrogens (tertiary/aromatic N) is 1. The zero-order chi connectivity index (χ0) is 20.9. The van der Waals surface area contributed by atoms with E-state index in [0.29, 0.717) is 11.3 Å². The number of carbonyl (C=O) groups excluding carboxylic acids is 3. The zero-order valence-electron chi connectivity index (χ0n) is 16.9. The molecule has 1 heterocycles. The first-order valence-corrected chi connectivity index (χ1v) is 8.72. The lowest BCUT2D eigenvalue weighted by Crippen LogP contribution is -2.50. The van der Waals surface area contributed by atoms with Crippen molar-refractivity contribution >= 4 is 17.8 Å². The maximum atomic E-state index is 12.3. The highest BCUT2D eigenvalue weighted by atomic mass is 16.5. The third-order valence-corrected chi connectivity index (χ3v) is 4.31. The maximum Gasteiger partial charge on any atom is 0.355 e. The molecule has 1 unspecified atom stereocenters. The lowest BCUT2D eigenvalue weighted by Gasteiger charge is -2.27. The van der Waals surface area contributed by atoms with E-state index in [1.54, 1.807) is 48.5 Å². The molecular formula is C19H27N3O5. The summed E-state index contributed by atoms with van der Waals surface area (Å²) in [6.45, 7) is 11.4. The van der Waals surface area contributed by atoms with Gasteiger partial charge in [0.2, 0.25) is 0 Å². The van der Waals surface area contributed by atoms with Gasteiger partial charge in [0.25, 0.3) is 5.91 Å². The second-order valence-corrected chi connectivity index (χ2v) is 7.17. The van der Waals surface area contributed by atoms with Gasteiger partial charge >= 0.3 is 11.9 Å². The van der Waals surface area contributed by atoms with E-state index in [1.165, 1.54) is 0 Å². The van der Waals surface area contributed by atoms with Gasteiger partial charge in [-0.2, -0.15) is 5.26 Å². The molecule has 0 spiro atoms. The minimum absolute atomic E-state index is 0.0860. The fourth-order valence-electron chi connectivity index (χ4n) is 2.36. The lowest BCUT2D eigenvalue weighted by atomic mass is 9.90. The van der Waals surface area contributed by atoms with E-state index in [2.05, 4.69) is 10.3 Å². The van der Waals surface area contributed by atoms with Crippen LogP contribution in [0.1, 0.15) is 66.7 Å². The first kappa shape index (κ1) is 22.2. The molecule has 1 atom stereocenters. The van der Waals surface area contributed by atoms with Crippen molar-refractivity contribution in [3.63, 3.8) is 0 Å². The SMILES string of the molecule is Cc1[nH]c(C(=O)OCC(=O)NC(C)(C#N)C(C)C)c(C)c1C(=O)OC(C)C. The number of amides is 1. The van der Waals surface area contributed by atoms with Crippen molar-refractivity contribution in [1.82, 2.24) is 10.3 Å². The monoisotopic (exact) mass is 377 g/mol. The summed E-state index contributed by atoms with van der Waals surface area (Å²) in [5.41, 5.74) is 0.176. The van der Waals surface area contributed by atoms with Gasteiger partial charge in [0.15, 0.2) is 6.61 Å². The average molecular weight is 377 g/mol. The van der Waals surface area contributed by atoms with Crippen molar-refractivity contribution in [1.29, 1.82) is 5.26 Å². The van der Waals surface area contributed by atoms with Crippen molar-refractivity contribution in [2.45, 2.75) is 60.1 Å². The molecule has 0 fully saturated rings. The molecule has 1 amide bonds. The first-order valence-electron chi connectivity index (χ1n) is 8.72. The highest BCUT2D eigenvalue weighted by Crippen LogP contribution is 2.20. The Hall–Kier alpha value is -2.82. The standard InChI is InChI=1S/C19H27N3O5/c1-10(2)19(7,9-20)22-14(23)8-26-18(25)16-12(5)15(13(6)21-16)17(24)27-11(3)4/h10-11,21H,8H2,1-7H3,(H,22,23). The summed E-state index contributed by atoms with van der Waals surface area (Å²) < 4.78 is 10.2. The number of esters is 2. The fraction of sp³-hybridized carbons (Fsp3) is 0.579. The summed E-state index contributed by atoms with van der Waals surface area (Å²) in [6.07, 6.45) is -0.291. The molecular weight excluding hydrogens is 350 g/mol. The fourth-order valence-corrected chi connectivity index (χ4v) is 2.36. The number of H-pyrrole nitrogens is 1. The van der Waals surface area contributed by atoms with Gasteiger partial charge in [-0.25, -0.2) is 9.59 Å². The van der Waals surface area contributed by atoms with Crippen molar-refractivity contribution in [2.75, 3.05) is 6.61 Å². The number of nitriles is 1. The number of rotatable bonds is 7. The molecule has 2 N–H and O–H groups in total. The van der Waals surface area contributed by atoms with Crippen LogP contribution in [0.2, 0.25) is 0 Å². The Labute approximate surface area is 159 Å². The highest BCUT2D eigenvalue weighted by Gasteiger charge is 2.31.